The molecular weight excluding hydrogens is 238 g/mol. The van der Waals surface area contributed by atoms with Gasteiger partial charge in [0.1, 0.15) is 5.75 Å². The summed E-state index contributed by atoms with van der Waals surface area (Å²) in [5, 5.41) is 7.74. The average molecular weight is 259 g/mol. The van der Waals surface area contributed by atoms with Gasteiger partial charge < -0.3 is 4.74 Å². The number of benzene rings is 1. The van der Waals surface area contributed by atoms with Crippen LogP contribution in [-0.4, -0.2) is 21.1 Å². The molecule has 0 fully saturated rings. The minimum absolute atomic E-state index is 0.230. The van der Waals surface area contributed by atoms with Crippen molar-refractivity contribution in [2.75, 3.05) is 0 Å². The largest absolute Gasteiger partial charge is 0.491 e. The smallest absolute Gasteiger partial charge is 0.119 e. The average Bonchev–Trinajstić information content (AvgIpc) is 2.89. The predicted octanol–water partition coefficient (Wildman–Crippen LogP) is 3.09. The van der Waals surface area contributed by atoms with Crippen LogP contribution in [0.2, 0.25) is 0 Å². The molecule has 19 heavy (non-hydrogen) atoms. The lowest BCUT2D eigenvalue weighted by molar-refractivity contribution is 0.242. The number of aryl methyl sites for hydroxylation is 2. The van der Waals surface area contributed by atoms with Crippen LogP contribution in [0.15, 0.2) is 36.7 Å². The van der Waals surface area contributed by atoms with Gasteiger partial charge in [0.2, 0.25) is 0 Å². The summed E-state index contributed by atoms with van der Waals surface area (Å²) in [6, 6.07) is 8.39. The van der Waals surface area contributed by atoms with Gasteiger partial charge in [0.25, 0.3) is 0 Å². The summed E-state index contributed by atoms with van der Waals surface area (Å²) >= 11 is 0. The number of unbranched alkanes of at least 4 members (excludes halogenated alkanes) is 1. The molecule has 0 aliphatic carbocycles. The fourth-order valence-electron chi connectivity index (χ4n) is 1.96. The van der Waals surface area contributed by atoms with E-state index in [1.165, 1.54) is 5.56 Å². The Morgan fingerprint density at radius 2 is 1.95 bits per heavy atom. The molecule has 4 nitrogen and oxygen atoms in total. The topological polar surface area (TPSA) is 39.9 Å². The summed E-state index contributed by atoms with van der Waals surface area (Å²) in [7, 11) is 0. The van der Waals surface area contributed by atoms with Crippen LogP contribution < -0.4 is 4.74 Å². The summed E-state index contributed by atoms with van der Waals surface area (Å²) in [5.74, 6) is 0.946. The molecule has 0 aliphatic rings. The molecule has 0 atom stereocenters. The van der Waals surface area contributed by atoms with Gasteiger partial charge >= 0.3 is 0 Å². The first-order valence-electron chi connectivity index (χ1n) is 6.84. The van der Waals surface area contributed by atoms with Crippen molar-refractivity contribution in [3.63, 3.8) is 0 Å². The van der Waals surface area contributed by atoms with Crippen LogP contribution in [0.4, 0.5) is 0 Å². The number of hydrogen-bond acceptors (Lipinski definition) is 3. The number of hydrogen-bond donors (Lipinski definition) is 0. The lowest BCUT2D eigenvalue weighted by Crippen LogP contribution is -2.05. The highest BCUT2D eigenvalue weighted by Gasteiger charge is 1.99. The van der Waals surface area contributed by atoms with Crippen molar-refractivity contribution in [1.82, 2.24) is 15.0 Å². The monoisotopic (exact) mass is 259 g/mol. The van der Waals surface area contributed by atoms with Crippen molar-refractivity contribution < 1.29 is 4.74 Å². The summed E-state index contributed by atoms with van der Waals surface area (Å²) in [6.07, 6.45) is 7.22. The third kappa shape index (κ3) is 4.73. The first-order chi connectivity index (χ1) is 9.24. The molecule has 0 spiro atoms. The minimum Gasteiger partial charge on any atom is -0.491 e. The highest BCUT2D eigenvalue weighted by molar-refractivity contribution is 5.27. The minimum atomic E-state index is 0.230. The van der Waals surface area contributed by atoms with Crippen LogP contribution in [0, 0.1) is 0 Å². The Balaban J connectivity index is 1.71. The van der Waals surface area contributed by atoms with E-state index in [4.69, 9.17) is 4.74 Å². The van der Waals surface area contributed by atoms with Crippen molar-refractivity contribution in [2.45, 2.75) is 45.8 Å². The van der Waals surface area contributed by atoms with Crippen molar-refractivity contribution >= 4 is 0 Å². The second kappa shape index (κ2) is 6.92. The van der Waals surface area contributed by atoms with Gasteiger partial charge in [-0.15, -0.1) is 5.10 Å². The molecule has 4 heteroatoms. The van der Waals surface area contributed by atoms with Crippen molar-refractivity contribution in [3.8, 4) is 5.75 Å². The van der Waals surface area contributed by atoms with Crippen LogP contribution in [0.25, 0.3) is 0 Å². The van der Waals surface area contributed by atoms with Crippen LogP contribution in [-0.2, 0) is 13.0 Å². The van der Waals surface area contributed by atoms with Crippen LogP contribution >= 0.6 is 0 Å². The first kappa shape index (κ1) is 13.6. The molecule has 0 N–H and O–H groups in total. The maximum absolute atomic E-state index is 5.63. The van der Waals surface area contributed by atoms with E-state index in [-0.39, 0.29) is 6.10 Å². The molecule has 0 amide bonds. The van der Waals surface area contributed by atoms with Gasteiger partial charge in [-0.2, -0.15) is 0 Å². The summed E-state index contributed by atoms with van der Waals surface area (Å²) in [4.78, 5) is 0. The summed E-state index contributed by atoms with van der Waals surface area (Å²) < 4.78 is 7.50. The normalized spacial score (nSPS) is 10.9. The molecule has 2 aromatic rings. The number of aromatic nitrogens is 3. The molecule has 0 saturated carbocycles. The van der Waals surface area contributed by atoms with E-state index in [9.17, 15) is 0 Å². The fourth-order valence-corrected chi connectivity index (χ4v) is 1.96. The van der Waals surface area contributed by atoms with Crippen LogP contribution in [0.3, 0.4) is 0 Å². The zero-order valence-electron chi connectivity index (χ0n) is 11.6. The van der Waals surface area contributed by atoms with Gasteiger partial charge in [0.05, 0.1) is 12.3 Å². The molecule has 0 unspecified atom stereocenters. The maximum atomic E-state index is 5.63. The lowest BCUT2D eigenvalue weighted by Gasteiger charge is -2.10. The SMILES string of the molecule is CC(C)Oc1ccc(CCCCn2ccnn2)cc1. The van der Waals surface area contributed by atoms with E-state index in [0.717, 1.165) is 31.6 Å². The zero-order chi connectivity index (χ0) is 13.5. The van der Waals surface area contributed by atoms with Crippen LogP contribution in [0.5, 0.6) is 5.75 Å². The second-order valence-corrected chi connectivity index (χ2v) is 4.93. The third-order valence-electron chi connectivity index (χ3n) is 2.87. The van der Waals surface area contributed by atoms with Gasteiger partial charge in [0.15, 0.2) is 0 Å². The van der Waals surface area contributed by atoms with Gasteiger partial charge in [-0.25, -0.2) is 0 Å². The Morgan fingerprint density at radius 1 is 1.16 bits per heavy atom. The van der Waals surface area contributed by atoms with E-state index in [1.807, 2.05) is 36.9 Å². The van der Waals surface area contributed by atoms with Crippen molar-refractivity contribution in [2.24, 2.45) is 0 Å². The van der Waals surface area contributed by atoms with E-state index in [2.05, 4.69) is 22.4 Å². The predicted molar refractivity (Wildman–Crippen MR) is 75.2 cm³/mol. The molecule has 2 rings (SSSR count). The molecular formula is C15H21N3O. The highest BCUT2D eigenvalue weighted by atomic mass is 16.5. The van der Waals surface area contributed by atoms with Gasteiger partial charge in [-0.3, -0.25) is 4.68 Å². The Labute approximate surface area is 114 Å². The Morgan fingerprint density at radius 3 is 2.58 bits per heavy atom. The van der Waals surface area contributed by atoms with E-state index >= 15 is 0 Å². The first-order valence-corrected chi connectivity index (χ1v) is 6.84. The second-order valence-electron chi connectivity index (χ2n) is 4.93. The molecule has 0 radical (unpaired) electrons. The Bertz CT molecular complexity index is 463. The Kier molecular flexibility index (Phi) is 4.95. The van der Waals surface area contributed by atoms with Crippen molar-refractivity contribution in [3.05, 3.63) is 42.2 Å². The fraction of sp³-hybridized carbons (Fsp3) is 0.467. The lowest BCUT2D eigenvalue weighted by atomic mass is 10.1. The van der Waals surface area contributed by atoms with E-state index in [0.29, 0.717) is 0 Å². The number of rotatable bonds is 7. The molecule has 0 bridgehead atoms. The van der Waals surface area contributed by atoms with Gasteiger partial charge in [-0.05, 0) is 50.8 Å². The standard InChI is InChI=1S/C15H21N3O/c1-13(2)19-15-8-6-14(7-9-15)5-3-4-11-18-12-10-16-17-18/h6-10,12-13H,3-5,11H2,1-2H3. The molecule has 0 aliphatic heterocycles. The third-order valence-corrected chi connectivity index (χ3v) is 2.87. The quantitative estimate of drug-likeness (QED) is 0.717. The maximum Gasteiger partial charge on any atom is 0.119 e. The van der Waals surface area contributed by atoms with Gasteiger partial charge in [-0.1, -0.05) is 17.3 Å². The molecule has 1 heterocycles. The summed E-state index contributed by atoms with van der Waals surface area (Å²) in [6.45, 7) is 5.02. The highest BCUT2D eigenvalue weighted by Crippen LogP contribution is 2.15. The zero-order valence-corrected chi connectivity index (χ0v) is 11.6. The summed E-state index contributed by atoms with van der Waals surface area (Å²) in [5.41, 5.74) is 1.36. The van der Waals surface area contributed by atoms with Crippen molar-refractivity contribution in [1.29, 1.82) is 0 Å². The van der Waals surface area contributed by atoms with Gasteiger partial charge in [0, 0.05) is 12.7 Å². The molecule has 102 valence electrons. The van der Waals surface area contributed by atoms with Crippen LogP contribution in [0.1, 0.15) is 32.3 Å². The Hall–Kier alpha value is -1.84. The number of nitrogens with zero attached hydrogens (tertiary/aromatic N) is 3. The molecule has 1 aromatic carbocycles. The van der Waals surface area contributed by atoms with E-state index < -0.39 is 0 Å². The molecule has 1 aromatic heterocycles. The molecule has 0 saturated heterocycles. The number of ether oxygens (including phenoxy) is 1. The van der Waals surface area contributed by atoms with E-state index in [1.54, 1.807) is 6.20 Å².